The summed E-state index contributed by atoms with van der Waals surface area (Å²) in [6.45, 7) is 5.93. The second-order valence-electron chi connectivity index (χ2n) is 6.48. The zero-order chi connectivity index (χ0) is 15.5. The summed E-state index contributed by atoms with van der Waals surface area (Å²) in [4.78, 5) is 2.33. The van der Waals surface area contributed by atoms with Crippen molar-refractivity contribution in [3.05, 3.63) is 17.7 Å². The van der Waals surface area contributed by atoms with Gasteiger partial charge in [-0.1, -0.05) is 6.92 Å². The number of benzene rings is 1. The van der Waals surface area contributed by atoms with Crippen molar-refractivity contribution < 1.29 is 4.74 Å². The zero-order valence-electron chi connectivity index (χ0n) is 13.3. The molecule has 0 radical (unpaired) electrons. The van der Waals surface area contributed by atoms with Gasteiger partial charge in [0.2, 0.25) is 0 Å². The number of nitrogens with two attached hydrogens (primary N) is 1. The van der Waals surface area contributed by atoms with Crippen LogP contribution in [0.3, 0.4) is 0 Å². The third kappa shape index (κ3) is 3.04. The van der Waals surface area contributed by atoms with Crippen LogP contribution in [0.2, 0.25) is 0 Å². The Hall–Kier alpha value is -1.75. The van der Waals surface area contributed by atoms with Crippen LogP contribution in [0.1, 0.15) is 31.7 Å². The molecule has 2 heterocycles. The second-order valence-corrected chi connectivity index (χ2v) is 6.48. The number of nitrogens with one attached hydrogen (secondary N) is 2. The maximum atomic E-state index is 7.88. The number of nitrogen functional groups attached to an aromatic ring is 1. The normalized spacial score (nSPS) is 22.8. The van der Waals surface area contributed by atoms with E-state index in [0.29, 0.717) is 12.0 Å². The first-order valence-electron chi connectivity index (χ1n) is 8.21. The van der Waals surface area contributed by atoms with Gasteiger partial charge in [-0.15, -0.1) is 0 Å². The van der Waals surface area contributed by atoms with E-state index in [4.69, 9.17) is 15.9 Å². The summed E-state index contributed by atoms with van der Waals surface area (Å²) in [5.41, 5.74) is 9.96. The first-order valence-corrected chi connectivity index (χ1v) is 8.21. The van der Waals surface area contributed by atoms with Crippen LogP contribution < -0.4 is 16.0 Å². The Balaban J connectivity index is 1.88. The first-order chi connectivity index (χ1) is 10.7. The molecular formula is C17H26N4O. The molecule has 1 aromatic rings. The molecule has 4 N–H and O–H groups in total. The summed E-state index contributed by atoms with van der Waals surface area (Å²) >= 11 is 0. The Morgan fingerprint density at radius 3 is 2.73 bits per heavy atom. The van der Waals surface area contributed by atoms with Crippen molar-refractivity contribution in [3.8, 4) is 0 Å². The summed E-state index contributed by atoms with van der Waals surface area (Å²) in [6.07, 6.45) is 4.65. The van der Waals surface area contributed by atoms with Crippen LogP contribution in [0.4, 0.5) is 17.1 Å². The lowest BCUT2D eigenvalue weighted by molar-refractivity contribution is 0.0904. The lowest BCUT2D eigenvalue weighted by atomic mass is 10.0. The predicted molar refractivity (Wildman–Crippen MR) is 92.2 cm³/mol. The molecule has 1 aromatic carbocycles. The van der Waals surface area contributed by atoms with Crippen molar-refractivity contribution in [3.63, 3.8) is 0 Å². The molecule has 3 rings (SSSR count). The smallest absolute Gasteiger partial charge is 0.0709 e. The van der Waals surface area contributed by atoms with Crippen molar-refractivity contribution in [2.75, 3.05) is 42.3 Å². The van der Waals surface area contributed by atoms with Crippen LogP contribution >= 0.6 is 0 Å². The SMILES string of the molecule is CC1CCN(c2c(N)ccc(NC3CCOCC3)c2C=N)C1. The van der Waals surface area contributed by atoms with E-state index in [2.05, 4.69) is 17.1 Å². The zero-order valence-corrected chi connectivity index (χ0v) is 13.3. The van der Waals surface area contributed by atoms with E-state index in [1.54, 1.807) is 0 Å². The van der Waals surface area contributed by atoms with E-state index in [1.807, 2.05) is 12.1 Å². The highest BCUT2D eigenvalue weighted by atomic mass is 16.5. The highest BCUT2D eigenvalue weighted by Crippen LogP contribution is 2.36. The van der Waals surface area contributed by atoms with Crippen LogP contribution in [0.25, 0.3) is 0 Å². The molecule has 2 fully saturated rings. The number of hydrogen-bond acceptors (Lipinski definition) is 5. The summed E-state index contributed by atoms with van der Waals surface area (Å²) in [5, 5.41) is 11.5. The third-order valence-electron chi connectivity index (χ3n) is 4.71. The Morgan fingerprint density at radius 1 is 1.32 bits per heavy atom. The molecule has 22 heavy (non-hydrogen) atoms. The highest BCUT2D eigenvalue weighted by Gasteiger charge is 2.24. The average Bonchev–Trinajstić information content (AvgIpc) is 2.95. The van der Waals surface area contributed by atoms with E-state index >= 15 is 0 Å². The summed E-state index contributed by atoms with van der Waals surface area (Å²) in [6, 6.07) is 4.39. The Labute approximate surface area is 132 Å². The second kappa shape index (κ2) is 6.57. The highest BCUT2D eigenvalue weighted by molar-refractivity contribution is 5.98. The standard InChI is InChI=1S/C17H26N4O/c1-12-4-7-21(11-12)17-14(10-18)16(3-2-15(17)19)20-13-5-8-22-9-6-13/h2-3,10,12-13,18,20H,4-9,11,19H2,1H3. The number of anilines is 3. The number of rotatable bonds is 4. The van der Waals surface area contributed by atoms with E-state index < -0.39 is 0 Å². The van der Waals surface area contributed by atoms with Gasteiger partial charge in [0.1, 0.15) is 0 Å². The van der Waals surface area contributed by atoms with Gasteiger partial charge in [-0.25, -0.2) is 0 Å². The largest absolute Gasteiger partial charge is 0.397 e. The van der Waals surface area contributed by atoms with Crippen LogP contribution in [0, 0.1) is 11.3 Å². The molecule has 5 nitrogen and oxygen atoms in total. The van der Waals surface area contributed by atoms with Gasteiger partial charge in [0.05, 0.1) is 11.4 Å². The maximum absolute atomic E-state index is 7.88. The first kappa shape index (κ1) is 15.2. The number of nitrogens with zero attached hydrogens (tertiary/aromatic N) is 1. The van der Waals surface area contributed by atoms with Gasteiger partial charge in [0.15, 0.2) is 0 Å². The molecule has 0 spiro atoms. The minimum absolute atomic E-state index is 0.418. The molecule has 0 aliphatic carbocycles. The molecule has 1 atom stereocenters. The van der Waals surface area contributed by atoms with Crippen LogP contribution in [-0.2, 0) is 4.74 Å². The Bertz CT molecular complexity index is 540. The fourth-order valence-corrected chi connectivity index (χ4v) is 3.45. The van der Waals surface area contributed by atoms with Crippen molar-refractivity contribution in [2.24, 2.45) is 5.92 Å². The molecule has 0 aromatic heterocycles. The topological polar surface area (TPSA) is 74.4 Å². The van der Waals surface area contributed by atoms with E-state index in [1.165, 1.54) is 12.6 Å². The Kier molecular flexibility index (Phi) is 4.52. The van der Waals surface area contributed by atoms with Crippen molar-refractivity contribution in [2.45, 2.75) is 32.2 Å². The molecule has 0 amide bonds. The minimum Gasteiger partial charge on any atom is -0.397 e. The van der Waals surface area contributed by atoms with Gasteiger partial charge < -0.3 is 26.1 Å². The summed E-state index contributed by atoms with van der Waals surface area (Å²) < 4.78 is 5.42. The van der Waals surface area contributed by atoms with Gasteiger partial charge in [0, 0.05) is 49.8 Å². The van der Waals surface area contributed by atoms with Gasteiger partial charge in [-0.2, -0.15) is 0 Å². The van der Waals surface area contributed by atoms with Crippen LogP contribution in [-0.4, -0.2) is 38.6 Å². The molecule has 2 aliphatic rings. The predicted octanol–water partition coefficient (Wildman–Crippen LogP) is 2.70. The van der Waals surface area contributed by atoms with Crippen molar-refractivity contribution in [1.29, 1.82) is 5.41 Å². The van der Waals surface area contributed by atoms with Gasteiger partial charge in [-0.3, -0.25) is 0 Å². The molecular weight excluding hydrogens is 276 g/mol. The van der Waals surface area contributed by atoms with E-state index in [9.17, 15) is 0 Å². The number of ether oxygens (including phenoxy) is 1. The van der Waals surface area contributed by atoms with Crippen LogP contribution in [0.15, 0.2) is 12.1 Å². The quantitative estimate of drug-likeness (QED) is 0.590. The molecule has 2 saturated heterocycles. The summed E-state index contributed by atoms with van der Waals surface area (Å²) in [5.74, 6) is 0.685. The third-order valence-corrected chi connectivity index (χ3v) is 4.71. The lowest BCUT2D eigenvalue weighted by Crippen LogP contribution is -2.29. The van der Waals surface area contributed by atoms with Gasteiger partial charge in [0.25, 0.3) is 0 Å². The molecule has 1 unspecified atom stereocenters. The maximum Gasteiger partial charge on any atom is 0.0709 e. The van der Waals surface area contributed by atoms with E-state index in [-0.39, 0.29) is 0 Å². The Morgan fingerprint density at radius 2 is 2.09 bits per heavy atom. The molecule has 2 aliphatic heterocycles. The fraction of sp³-hybridized carbons (Fsp3) is 0.588. The molecule has 120 valence electrons. The monoisotopic (exact) mass is 302 g/mol. The lowest BCUT2D eigenvalue weighted by Gasteiger charge is -2.28. The fourth-order valence-electron chi connectivity index (χ4n) is 3.45. The minimum atomic E-state index is 0.418. The van der Waals surface area contributed by atoms with Crippen molar-refractivity contribution >= 4 is 23.3 Å². The molecule has 5 heteroatoms. The van der Waals surface area contributed by atoms with Crippen molar-refractivity contribution in [1.82, 2.24) is 0 Å². The van der Waals surface area contributed by atoms with E-state index in [0.717, 1.165) is 61.8 Å². The number of hydrogen-bond donors (Lipinski definition) is 3. The summed E-state index contributed by atoms with van der Waals surface area (Å²) in [7, 11) is 0. The molecule has 0 bridgehead atoms. The molecule has 0 saturated carbocycles. The van der Waals surface area contributed by atoms with Crippen LogP contribution in [0.5, 0.6) is 0 Å². The van der Waals surface area contributed by atoms with Gasteiger partial charge >= 0.3 is 0 Å². The van der Waals surface area contributed by atoms with Gasteiger partial charge in [-0.05, 0) is 37.3 Å². The average molecular weight is 302 g/mol.